The number of halogens is 1. The van der Waals surface area contributed by atoms with Crippen LogP contribution in [-0.2, 0) is 0 Å². The third-order valence-corrected chi connectivity index (χ3v) is 11.8. The minimum atomic E-state index is -0.124. The van der Waals surface area contributed by atoms with Gasteiger partial charge in [-0.2, -0.15) is 0 Å². The molecule has 10 atom stereocenters. The molecule has 0 radical (unpaired) electrons. The highest BCUT2D eigenvalue weighted by Gasteiger charge is 2.61. The molecule has 168 valence electrons. The Morgan fingerprint density at radius 1 is 0.931 bits per heavy atom. The smallest absolute Gasteiger partial charge is 0.0668 e. The van der Waals surface area contributed by atoms with E-state index in [9.17, 15) is 5.11 Å². The zero-order valence-electron chi connectivity index (χ0n) is 19.8. The van der Waals surface area contributed by atoms with Crippen LogP contribution in [-0.4, -0.2) is 16.0 Å². The van der Waals surface area contributed by atoms with Crippen LogP contribution < -0.4 is 0 Å². The molecule has 4 aliphatic carbocycles. The second kappa shape index (κ2) is 8.42. The van der Waals surface area contributed by atoms with Crippen molar-refractivity contribution in [3.8, 4) is 0 Å². The Morgan fingerprint density at radius 3 is 2.38 bits per heavy atom. The predicted molar refractivity (Wildman–Crippen MR) is 127 cm³/mol. The third-order valence-electron chi connectivity index (χ3n) is 10.8. The van der Waals surface area contributed by atoms with Crippen LogP contribution in [0.3, 0.4) is 0 Å². The zero-order chi connectivity index (χ0) is 21.0. The van der Waals surface area contributed by atoms with Crippen molar-refractivity contribution < 1.29 is 5.11 Å². The lowest BCUT2D eigenvalue weighted by molar-refractivity contribution is -0.127. The summed E-state index contributed by atoms with van der Waals surface area (Å²) < 4.78 is 0. The summed E-state index contributed by atoms with van der Waals surface area (Å²) in [5, 5.41) is 10.5. The first-order chi connectivity index (χ1) is 13.7. The van der Waals surface area contributed by atoms with Gasteiger partial charge < -0.3 is 5.11 Å². The van der Waals surface area contributed by atoms with E-state index in [-0.39, 0.29) is 6.10 Å². The normalized spacial score (nSPS) is 50.7. The Labute approximate surface area is 189 Å². The molecular formula is C27H47BrO. The highest BCUT2D eigenvalue weighted by molar-refractivity contribution is 9.09. The number of hydrogen-bond acceptors (Lipinski definition) is 1. The lowest BCUT2D eigenvalue weighted by Gasteiger charge is -2.61. The number of rotatable bonds is 5. The molecule has 0 aromatic carbocycles. The molecular weight excluding hydrogens is 420 g/mol. The van der Waals surface area contributed by atoms with E-state index in [1.807, 2.05) is 0 Å². The number of alkyl halides is 1. The van der Waals surface area contributed by atoms with Gasteiger partial charge in [0, 0.05) is 4.83 Å². The Balaban J connectivity index is 1.47. The van der Waals surface area contributed by atoms with E-state index in [2.05, 4.69) is 50.5 Å². The first-order valence-electron chi connectivity index (χ1n) is 13.0. The van der Waals surface area contributed by atoms with Gasteiger partial charge in [-0.05, 0) is 104 Å². The molecule has 4 aliphatic rings. The van der Waals surface area contributed by atoms with Crippen molar-refractivity contribution in [2.24, 2.45) is 52.3 Å². The molecule has 0 aliphatic heterocycles. The maximum atomic E-state index is 10.5. The molecule has 0 aromatic heterocycles. The minimum absolute atomic E-state index is 0.124. The fourth-order valence-electron chi connectivity index (χ4n) is 9.26. The molecule has 0 unspecified atom stereocenters. The SMILES string of the molecule is CC(C)CCC[C@@H](C)[C@@H]1CC[C@@H]2[C@@H]3CC[C@H]4C[C@H](O)[C@H](Br)C[C@]4(C)[C@H]3CC[C@@]21C. The average Bonchev–Trinajstić information content (AvgIpc) is 3.00. The summed E-state index contributed by atoms with van der Waals surface area (Å²) in [6.45, 7) is 12.6. The van der Waals surface area contributed by atoms with Crippen molar-refractivity contribution in [2.75, 3.05) is 0 Å². The molecule has 2 heteroatoms. The van der Waals surface area contributed by atoms with Gasteiger partial charge in [-0.25, -0.2) is 0 Å². The summed E-state index contributed by atoms with van der Waals surface area (Å²) in [5.74, 6) is 6.31. The van der Waals surface area contributed by atoms with E-state index in [0.717, 1.165) is 47.8 Å². The third kappa shape index (κ3) is 3.90. The summed E-state index contributed by atoms with van der Waals surface area (Å²) in [6, 6.07) is 0. The van der Waals surface area contributed by atoms with Gasteiger partial charge in [0.1, 0.15) is 0 Å². The predicted octanol–water partition coefficient (Wildman–Crippen LogP) is 7.84. The first kappa shape index (κ1) is 22.6. The van der Waals surface area contributed by atoms with Gasteiger partial charge in [-0.15, -0.1) is 0 Å². The lowest BCUT2D eigenvalue weighted by Crippen LogP contribution is -2.56. The highest BCUT2D eigenvalue weighted by Crippen LogP contribution is 2.68. The van der Waals surface area contributed by atoms with Crippen molar-refractivity contribution in [3.63, 3.8) is 0 Å². The van der Waals surface area contributed by atoms with E-state index in [1.54, 1.807) is 0 Å². The molecule has 0 heterocycles. The van der Waals surface area contributed by atoms with E-state index < -0.39 is 0 Å². The van der Waals surface area contributed by atoms with Crippen molar-refractivity contribution in [2.45, 2.75) is 116 Å². The van der Waals surface area contributed by atoms with Crippen molar-refractivity contribution in [3.05, 3.63) is 0 Å². The highest BCUT2D eigenvalue weighted by atomic mass is 79.9. The Morgan fingerprint density at radius 2 is 1.66 bits per heavy atom. The Hall–Kier alpha value is 0.440. The van der Waals surface area contributed by atoms with Gasteiger partial charge in [-0.3, -0.25) is 0 Å². The van der Waals surface area contributed by atoms with Crippen LogP contribution >= 0.6 is 15.9 Å². The second-order valence-electron chi connectivity index (χ2n) is 12.7. The number of aliphatic hydroxyl groups is 1. The number of hydrogen-bond donors (Lipinski definition) is 1. The summed E-state index contributed by atoms with van der Waals surface area (Å²) in [4.78, 5) is 0.313. The Bertz CT molecular complexity index is 575. The fourth-order valence-corrected chi connectivity index (χ4v) is 10.2. The van der Waals surface area contributed by atoms with Crippen LogP contribution in [0.2, 0.25) is 0 Å². The van der Waals surface area contributed by atoms with Crippen molar-refractivity contribution in [1.82, 2.24) is 0 Å². The molecule has 4 fully saturated rings. The molecule has 4 rings (SSSR count). The van der Waals surface area contributed by atoms with Gasteiger partial charge in [0.05, 0.1) is 6.10 Å². The largest absolute Gasteiger partial charge is 0.392 e. The standard InChI is InChI=1S/C27H47BrO/c1-17(2)7-6-8-18(3)21-11-12-22-20-10-9-19-15-25(29)24(28)16-27(19,5)23(20)13-14-26(21,22)4/h17-25,29H,6-16H2,1-5H3/t18-,19+,20+,21+,22-,23+,24-,25+,26-,27+/m1/s1. The maximum Gasteiger partial charge on any atom is 0.0668 e. The number of aliphatic hydroxyl groups excluding tert-OH is 1. The fraction of sp³-hybridized carbons (Fsp3) is 1.00. The van der Waals surface area contributed by atoms with Gasteiger partial charge in [0.2, 0.25) is 0 Å². The molecule has 29 heavy (non-hydrogen) atoms. The Kier molecular flexibility index (Phi) is 6.57. The summed E-state index contributed by atoms with van der Waals surface area (Å²) >= 11 is 3.85. The zero-order valence-corrected chi connectivity index (χ0v) is 21.4. The quantitative estimate of drug-likeness (QED) is 0.408. The molecule has 0 spiro atoms. The summed E-state index contributed by atoms with van der Waals surface area (Å²) in [6.07, 6.45) is 15.1. The average molecular weight is 468 g/mol. The van der Waals surface area contributed by atoms with E-state index in [1.165, 1.54) is 64.2 Å². The first-order valence-corrected chi connectivity index (χ1v) is 13.9. The molecule has 1 nitrogen and oxygen atoms in total. The van der Waals surface area contributed by atoms with Crippen LogP contribution in [0.15, 0.2) is 0 Å². The van der Waals surface area contributed by atoms with Gasteiger partial charge >= 0.3 is 0 Å². The number of fused-ring (bicyclic) bond motifs is 5. The van der Waals surface area contributed by atoms with E-state index in [0.29, 0.717) is 15.7 Å². The molecule has 4 saturated carbocycles. The topological polar surface area (TPSA) is 20.2 Å². The summed E-state index contributed by atoms with van der Waals surface area (Å²) in [5.41, 5.74) is 1.06. The maximum absolute atomic E-state index is 10.5. The molecule has 0 saturated heterocycles. The monoisotopic (exact) mass is 466 g/mol. The van der Waals surface area contributed by atoms with Gasteiger partial charge in [0.25, 0.3) is 0 Å². The molecule has 1 N–H and O–H groups in total. The van der Waals surface area contributed by atoms with Crippen molar-refractivity contribution >= 4 is 15.9 Å². The lowest BCUT2D eigenvalue weighted by atomic mass is 9.44. The second-order valence-corrected chi connectivity index (χ2v) is 13.9. The van der Waals surface area contributed by atoms with Crippen LogP contribution in [0.1, 0.15) is 105 Å². The van der Waals surface area contributed by atoms with Crippen LogP contribution in [0, 0.1) is 52.3 Å². The van der Waals surface area contributed by atoms with E-state index >= 15 is 0 Å². The molecule has 0 bridgehead atoms. The van der Waals surface area contributed by atoms with Crippen LogP contribution in [0.25, 0.3) is 0 Å². The molecule has 0 amide bonds. The van der Waals surface area contributed by atoms with Crippen molar-refractivity contribution in [1.29, 1.82) is 0 Å². The minimum Gasteiger partial charge on any atom is -0.392 e. The van der Waals surface area contributed by atoms with Gasteiger partial charge in [0.15, 0.2) is 0 Å². The van der Waals surface area contributed by atoms with Crippen LogP contribution in [0.5, 0.6) is 0 Å². The van der Waals surface area contributed by atoms with E-state index in [4.69, 9.17) is 0 Å². The van der Waals surface area contributed by atoms with Crippen LogP contribution in [0.4, 0.5) is 0 Å². The summed E-state index contributed by atoms with van der Waals surface area (Å²) in [7, 11) is 0. The van der Waals surface area contributed by atoms with Gasteiger partial charge in [-0.1, -0.05) is 69.8 Å². The molecule has 0 aromatic rings.